The summed E-state index contributed by atoms with van der Waals surface area (Å²) in [6.45, 7) is 0.751. The van der Waals surface area contributed by atoms with Gasteiger partial charge in [0.05, 0.1) is 29.2 Å². The van der Waals surface area contributed by atoms with Crippen molar-refractivity contribution in [3.8, 4) is 11.8 Å². The van der Waals surface area contributed by atoms with Gasteiger partial charge in [0.25, 0.3) is 5.56 Å². The summed E-state index contributed by atoms with van der Waals surface area (Å²) in [5.41, 5.74) is 8.16. The Balaban J connectivity index is 1.17. The van der Waals surface area contributed by atoms with Gasteiger partial charge in [-0.15, -0.1) is 0 Å². The van der Waals surface area contributed by atoms with Crippen LogP contribution in [0.2, 0.25) is 0 Å². The lowest BCUT2D eigenvalue weighted by atomic mass is 10.1. The zero-order valence-corrected chi connectivity index (χ0v) is 27.2. The number of rotatable bonds is 10. The maximum atomic E-state index is 13.0. The molecule has 6 rings (SSSR count). The summed E-state index contributed by atoms with van der Waals surface area (Å²) >= 11 is 0. The zero-order valence-electron chi connectivity index (χ0n) is 26.3. The van der Waals surface area contributed by atoms with Gasteiger partial charge in [-0.2, -0.15) is 4.98 Å². The molecule has 5 aromatic rings. The van der Waals surface area contributed by atoms with Crippen LogP contribution in [0.4, 0.5) is 23.0 Å². The normalized spacial score (nSPS) is 18.4. The molecule has 3 aromatic heterocycles. The van der Waals surface area contributed by atoms with E-state index in [9.17, 15) is 24.2 Å². The van der Waals surface area contributed by atoms with Gasteiger partial charge in [-0.1, -0.05) is 30.0 Å². The van der Waals surface area contributed by atoms with Crippen LogP contribution in [0.3, 0.4) is 0 Å². The molecule has 17 heteroatoms. The number of fused-ring (bicyclic) bond motifs is 1. The van der Waals surface area contributed by atoms with Crippen molar-refractivity contribution < 1.29 is 33.4 Å². The van der Waals surface area contributed by atoms with Gasteiger partial charge < -0.3 is 44.9 Å². The lowest BCUT2D eigenvalue weighted by molar-refractivity contribution is -0.205. The number of H-pyrrole nitrogens is 1. The number of aliphatic hydroxyl groups is 1. The van der Waals surface area contributed by atoms with Gasteiger partial charge in [0.15, 0.2) is 12.3 Å². The number of aryl methyl sites for hydroxylation is 1. The molecule has 254 valence electrons. The predicted molar refractivity (Wildman–Crippen MR) is 178 cm³/mol. The molecule has 1 unspecified atom stereocenters. The Kier molecular flexibility index (Phi) is 9.54. The van der Waals surface area contributed by atoms with E-state index in [-0.39, 0.29) is 41.4 Å². The number of benzene rings is 2. The second kappa shape index (κ2) is 14.0. The largest absolute Gasteiger partial charge is 0.761 e. The number of nitrogens with zero attached hydrogens (tertiary/aromatic N) is 4. The van der Waals surface area contributed by atoms with E-state index < -0.39 is 44.3 Å². The number of hydrogen-bond acceptors (Lipinski definition) is 13. The molecular formula is C32H32N8O8P-. The monoisotopic (exact) mass is 687 g/mol. The SMILES string of the molecule is CNc1cc(Nc2ccccc2)cc(C(=O)OCC#Cc2cn([C@H]3C[C@@H](O)[C@@H](COP(=O)([O-])n4ccnc4C)O3)c3nc(N)[nH]c(=O)c23)c1. The molecule has 49 heavy (non-hydrogen) atoms. The number of imidazole rings is 1. The second-order valence-corrected chi connectivity index (χ2v) is 12.7. The Bertz CT molecular complexity index is 2170. The molecule has 2 aromatic carbocycles. The Labute approximate surface area is 279 Å². The molecule has 1 saturated heterocycles. The molecule has 0 amide bonds. The summed E-state index contributed by atoms with van der Waals surface area (Å²) in [4.78, 5) is 49.1. The van der Waals surface area contributed by atoms with Crippen LogP contribution in [0, 0.1) is 18.8 Å². The number of carbonyl (C=O) groups excluding carboxylic acids is 1. The van der Waals surface area contributed by atoms with Gasteiger partial charge >= 0.3 is 5.97 Å². The highest BCUT2D eigenvalue weighted by Crippen LogP contribution is 2.41. The number of hydrogen-bond donors (Lipinski definition) is 5. The third-order valence-electron chi connectivity index (χ3n) is 7.70. The molecule has 1 aliphatic heterocycles. The average Bonchev–Trinajstić information content (AvgIpc) is 3.79. The highest BCUT2D eigenvalue weighted by atomic mass is 31.2. The number of anilines is 4. The van der Waals surface area contributed by atoms with E-state index in [1.54, 1.807) is 19.2 Å². The van der Waals surface area contributed by atoms with E-state index in [2.05, 4.69) is 37.4 Å². The van der Waals surface area contributed by atoms with Gasteiger partial charge in [0, 0.05) is 49.1 Å². The first-order chi connectivity index (χ1) is 23.5. The Hall–Kier alpha value is -5.43. The summed E-state index contributed by atoms with van der Waals surface area (Å²) < 4.78 is 31.5. The number of para-hydroxylation sites is 1. The molecule has 1 fully saturated rings. The molecule has 0 saturated carbocycles. The number of ether oxygens (including phenoxy) is 2. The summed E-state index contributed by atoms with van der Waals surface area (Å²) in [6.07, 6.45) is 1.11. The number of aliphatic hydroxyl groups excluding tert-OH is 1. The fourth-order valence-electron chi connectivity index (χ4n) is 5.35. The van der Waals surface area contributed by atoms with Gasteiger partial charge in [-0.3, -0.25) is 18.7 Å². The fourth-order valence-corrected chi connectivity index (χ4v) is 6.44. The van der Waals surface area contributed by atoms with E-state index in [4.69, 9.17) is 19.7 Å². The molecule has 16 nitrogen and oxygen atoms in total. The van der Waals surface area contributed by atoms with Gasteiger partial charge in [-0.25, -0.2) is 9.78 Å². The van der Waals surface area contributed by atoms with Crippen molar-refractivity contribution in [2.45, 2.75) is 31.8 Å². The van der Waals surface area contributed by atoms with Crippen molar-refractivity contribution in [1.29, 1.82) is 0 Å². The third-order valence-corrected chi connectivity index (χ3v) is 9.13. The van der Waals surface area contributed by atoms with Crippen LogP contribution in [-0.2, 0) is 18.6 Å². The van der Waals surface area contributed by atoms with Crippen LogP contribution in [0.1, 0.15) is 34.4 Å². The minimum atomic E-state index is -4.55. The Morgan fingerprint density at radius 1 is 1.24 bits per heavy atom. The van der Waals surface area contributed by atoms with Crippen LogP contribution in [0.5, 0.6) is 0 Å². The molecular weight excluding hydrogens is 655 g/mol. The number of carbonyl (C=O) groups is 1. The summed E-state index contributed by atoms with van der Waals surface area (Å²) in [6, 6.07) is 14.7. The molecule has 0 aliphatic carbocycles. The smallest absolute Gasteiger partial charge is 0.339 e. The van der Waals surface area contributed by atoms with Crippen molar-refractivity contribution in [2.75, 3.05) is 36.6 Å². The Morgan fingerprint density at radius 2 is 2.02 bits per heavy atom. The predicted octanol–water partition coefficient (Wildman–Crippen LogP) is 2.49. The van der Waals surface area contributed by atoms with Crippen molar-refractivity contribution >= 4 is 47.8 Å². The fraction of sp³-hybridized carbons (Fsp3) is 0.250. The van der Waals surface area contributed by atoms with Crippen molar-refractivity contribution in [3.63, 3.8) is 0 Å². The van der Waals surface area contributed by atoms with Gasteiger partial charge in [0.1, 0.15) is 18.2 Å². The number of nitrogen functional groups attached to an aromatic ring is 1. The number of nitrogens with one attached hydrogen (secondary N) is 3. The van der Waals surface area contributed by atoms with Crippen molar-refractivity contribution in [2.24, 2.45) is 0 Å². The number of aromatic amines is 1. The third kappa shape index (κ3) is 7.36. The maximum Gasteiger partial charge on any atom is 0.339 e. The molecule has 6 N–H and O–H groups in total. The van der Waals surface area contributed by atoms with E-state index in [0.717, 1.165) is 10.0 Å². The van der Waals surface area contributed by atoms with Gasteiger partial charge in [0.2, 0.25) is 13.7 Å². The standard InChI is InChI=1S/C32H33N8O8P/c1-19-35-10-11-40(19)49(44,45)47-18-26-25(41)16-27(48-26)39-17-20(28-29(39)37-32(33)38-30(28)42)7-6-12-46-31(43)21-13-23(34-2)15-24(14-21)36-22-8-4-3-5-9-22/h3-5,8-11,13-15,17,25-27,34,36,41H,12,16,18H2,1-2H3,(H,44,45)(H3,33,37,38,42)/p-1/t25-,26-,27-/m1/s1. The highest BCUT2D eigenvalue weighted by molar-refractivity contribution is 7.49. The maximum absolute atomic E-state index is 13.0. The lowest BCUT2D eigenvalue weighted by Crippen LogP contribution is -2.28. The minimum absolute atomic E-state index is 0.0245. The minimum Gasteiger partial charge on any atom is -0.761 e. The van der Waals surface area contributed by atoms with Crippen molar-refractivity contribution in [3.05, 3.63) is 94.4 Å². The number of esters is 1. The van der Waals surface area contributed by atoms with Crippen LogP contribution in [0.15, 0.2) is 71.9 Å². The van der Waals surface area contributed by atoms with Gasteiger partial charge in [-0.05, 0) is 37.3 Å². The summed E-state index contributed by atoms with van der Waals surface area (Å²) in [5, 5.41) is 17.1. The summed E-state index contributed by atoms with van der Waals surface area (Å²) in [7, 11) is -2.81. The molecule has 0 radical (unpaired) electrons. The van der Waals surface area contributed by atoms with E-state index in [1.807, 2.05) is 36.4 Å². The second-order valence-electron chi connectivity index (χ2n) is 11.0. The quantitative estimate of drug-likeness (QED) is 0.0810. The van der Waals surface area contributed by atoms with E-state index >= 15 is 0 Å². The van der Waals surface area contributed by atoms with E-state index in [0.29, 0.717) is 16.9 Å². The first-order valence-electron chi connectivity index (χ1n) is 15.0. The number of aromatic nitrogens is 5. The topological polar surface area (TPSA) is 224 Å². The average molecular weight is 688 g/mol. The highest BCUT2D eigenvalue weighted by Gasteiger charge is 2.37. The zero-order chi connectivity index (χ0) is 34.7. The van der Waals surface area contributed by atoms with Crippen LogP contribution >= 0.6 is 7.75 Å². The molecule has 0 spiro atoms. The molecule has 4 heterocycles. The van der Waals surface area contributed by atoms with Crippen LogP contribution in [0.25, 0.3) is 11.0 Å². The van der Waals surface area contributed by atoms with Crippen molar-refractivity contribution in [1.82, 2.24) is 23.9 Å². The summed E-state index contributed by atoms with van der Waals surface area (Å²) in [5.74, 6) is 5.07. The molecule has 4 atom stereocenters. The molecule has 0 bridgehead atoms. The molecule has 1 aliphatic rings. The first kappa shape index (κ1) is 33.5. The van der Waals surface area contributed by atoms with E-state index in [1.165, 1.54) is 30.1 Å². The van der Waals surface area contributed by atoms with Crippen LogP contribution < -0.4 is 26.8 Å². The first-order valence-corrected chi connectivity index (χ1v) is 16.5. The lowest BCUT2D eigenvalue weighted by Gasteiger charge is -2.27. The number of nitrogens with two attached hydrogens (primary N) is 1. The van der Waals surface area contributed by atoms with Crippen LogP contribution in [-0.4, -0.2) is 67.4 Å². The Morgan fingerprint density at radius 3 is 2.76 bits per heavy atom.